The van der Waals surface area contributed by atoms with Crippen molar-refractivity contribution in [2.45, 2.75) is 37.1 Å². The van der Waals surface area contributed by atoms with Gasteiger partial charge in [-0.3, -0.25) is 0 Å². The Labute approximate surface area is 59.3 Å². The molecule has 0 aliphatic carbocycles. The van der Waals surface area contributed by atoms with Crippen LogP contribution < -0.4 is 0 Å². The molecule has 0 saturated carbocycles. The molecule has 0 radical (unpaired) electrons. The first-order chi connectivity index (χ1) is 4.12. The predicted molar refractivity (Wildman–Crippen MR) is 38.9 cm³/mol. The molecule has 0 spiro atoms. The maximum atomic E-state index is 11.0. The van der Waals surface area contributed by atoms with E-state index in [1.807, 2.05) is 13.8 Å². The topological polar surface area (TPSA) is 37.3 Å². The molecule has 0 aliphatic heterocycles. The van der Waals surface area contributed by atoms with Gasteiger partial charge in [0, 0.05) is 0 Å². The van der Waals surface area contributed by atoms with Gasteiger partial charge < -0.3 is 0 Å². The van der Waals surface area contributed by atoms with Crippen molar-refractivity contribution < 1.29 is 7.84 Å². The summed E-state index contributed by atoms with van der Waals surface area (Å²) in [7, 11) is 0. The van der Waals surface area contributed by atoms with Gasteiger partial charge in [-0.1, -0.05) is 0 Å². The normalized spacial score (nSPS) is 11.9. The Bertz CT molecular complexity index is 102. The molecule has 0 aromatic heterocycles. The van der Waals surface area contributed by atoms with E-state index in [9.17, 15) is 3.74 Å². The fourth-order valence-corrected chi connectivity index (χ4v) is 4.21. The SMILES string of the molecule is CCC[As](=O)(O)CCC. The molecule has 0 amide bonds. The van der Waals surface area contributed by atoms with Crippen molar-refractivity contribution in [3.8, 4) is 0 Å². The second-order valence-corrected chi connectivity index (χ2v) is 7.72. The van der Waals surface area contributed by atoms with E-state index < -0.39 is 13.8 Å². The average molecular weight is 194 g/mol. The summed E-state index contributed by atoms with van der Waals surface area (Å²) in [6.45, 7) is 3.89. The van der Waals surface area contributed by atoms with Crippen LogP contribution in [-0.2, 0) is 3.74 Å². The number of rotatable bonds is 4. The van der Waals surface area contributed by atoms with E-state index in [-0.39, 0.29) is 0 Å². The molecular weight excluding hydrogens is 179 g/mol. The minimum atomic E-state index is -3.26. The molecule has 0 rings (SSSR count). The van der Waals surface area contributed by atoms with E-state index in [4.69, 9.17) is 4.10 Å². The van der Waals surface area contributed by atoms with E-state index in [1.165, 1.54) is 0 Å². The predicted octanol–water partition coefficient (Wildman–Crippen LogP) is 1.67. The first-order valence-corrected chi connectivity index (χ1v) is 7.69. The van der Waals surface area contributed by atoms with E-state index in [2.05, 4.69) is 0 Å². The van der Waals surface area contributed by atoms with Crippen LogP contribution in [0.1, 0.15) is 26.7 Å². The standard InChI is InChI=1S/C6H15AsO2/c1-3-5-7(8,9)6-4-2/h3-6H2,1-2H3,(H,8,9). The van der Waals surface area contributed by atoms with Gasteiger partial charge in [0.15, 0.2) is 0 Å². The first-order valence-electron chi connectivity index (χ1n) is 3.43. The number of hydrogen-bond acceptors (Lipinski definition) is 1. The molecule has 56 valence electrons. The summed E-state index contributed by atoms with van der Waals surface area (Å²) in [5.74, 6) is 0. The Morgan fingerprint density at radius 3 is 1.78 bits per heavy atom. The van der Waals surface area contributed by atoms with Crippen molar-refractivity contribution in [1.82, 2.24) is 0 Å². The molecular formula is C6H15AsO2. The summed E-state index contributed by atoms with van der Waals surface area (Å²) in [6, 6.07) is 0. The van der Waals surface area contributed by atoms with Gasteiger partial charge in [-0.25, -0.2) is 0 Å². The van der Waals surface area contributed by atoms with Crippen molar-refractivity contribution in [2.24, 2.45) is 0 Å². The summed E-state index contributed by atoms with van der Waals surface area (Å²) in [5.41, 5.74) is 0. The van der Waals surface area contributed by atoms with Crippen LogP contribution in [0.2, 0.25) is 10.4 Å². The molecule has 3 heteroatoms. The van der Waals surface area contributed by atoms with Gasteiger partial charge in [0.1, 0.15) is 0 Å². The maximum absolute atomic E-state index is 11.0. The molecule has 0 heterocycles. The van der Waals surface area contributed by atoms with E-state index in [1.54, 1.807) is 0 Å². The molecule has 2 nitrogen and oxygen atoms in total. The molecule has 0 unspecified atom stereocenters. The van der Waals surface area contributed by atoms with Gasteiger partial charge in [-0.05, 0) is 0 Å². The Balaban J connectivity index is 3.58. The van der Waals surface area contributed by atoms with Crippen molar-refractivity contribution in [3.05, 3.63) is 0 Å². The quantitative estimate of drug-likeness (QED) is 0.691. The van der Waals surface area contributed by atoms with E-state index >= 15 is 0 Å². The van der Waals surface area contributed by atoms with Crippen molar-refractivity contribution in [1.29, 1.82) is 0 Å². The van der Waals surface area contributed by atoms with Crippen LogP contribution in [0.5, 0.6) is 0 Å². The zero-order chi connectivity index (χ0) is 7.33. The third-order valence-electron chi connectivity index (χ3n) is 1.15. The Morgan fingerprint density at radius 1 is 1.22 bits per heavy atom. The van der Waals surface area contributed by atoms with Gasteiger partial charge >= 0.3 is 58.8 Å². The van der Waals surface area contributed by atoms with Crippen molar-refractivity contribution in [2.75, 3.05) is 0 Å². The molecule has 0 bridgehead atoms. The second kappa shape index (κ2) is 4.18. The minimum absolute atomic E-state index is 0.548. The molecule has 0 atom stereocenters. The summed E-state index contributed by atoms with van der Waals surface area (Å²) in [5, 5.41) is 1.10. The fraction of sp³-hybridized carbons (Fsp3) is 1.00. The van der Waals surface area contributed by atoms with E-state index in [0.29, 0.717) is 10.4 Å². The zero-order valence-electron chi connectivity index (χ0n) is 6.13. The third-order valence-corrected chi connectivity index (χ3v) is 5.95. The van der Waals surface area contributed by atoms with Gasteiger partial charge in [0.25, 0.3) is 0 Å². The third kappa shape index (κ3) is 4.80. The molecule has 0 aromatic carbocycles. The molecule has 0 saturated heterocycles. The molecule has 0 aliphatic rings. The van der Waals surface area contributed by atoms with Crippen LogP contribution in [0, 0.1) is 0 Å². The Hall–Kier alpha value is 0.318. The number of hydrogen-bond donors (Lipinski definition) is 1. The Kier molecular flexibility index (Phi) is 4.33. The van der Waals surface area contributed by atoms with Gasteiger partial charge in [0.05, 0.1) is 0 Å². The molecule has 0 fully saturated rings. The van der Waals surface area contributed by atoms with Gasteiger partial charge in [0.2, 0.25) is 0 Å². The Morgan fingerprint density at radius 2 is 1.56 bits per heavy atom. The van der Waals surface area contributed by atoms with Crippen LogP contribution in [0.4, 0.5) is 0 Å². The molecule has 9 heavy (non-hydrogen) atoms. The summed E-state index contributed by atoms with van der Waals surface area (Å²) in [6.07, 6.45) is 1.68. The average Bonchev–Trinajstić information content (AvgIpc) is 1.64. The van der Waals surface area contributed by atoms with E-state index in [0.717, 1.165) is 12.8 Å². The van der Waals surface area contributed by atoms with Crippen molar-refractivity contribution in [3.63, 3.8) is 0 Å². The summed E-state index contributed by atoms with van der Waals surface area (Å²) in [4.78, 5) is 0. The summed E-state index contributed by atoms with van der Waals surface area (Å²) >= 11 is -3.26. The first kappa shape index (κ1) is 9.32. The second-order valence-electron chi connectivity index (χ2n) is 2.29. The van der Waals surface area contributed by atoms with Gasteiger partial charge in [-0.15, -0.1) is 0 Å². The van der Waals surface area contributed by atoms with Crippen LogP contribution in [-0.4, -0.2) is 17.9 Å². The fourth-order valence-electron chi connectivity index (χ4n) is 0.811. The van der Waals surface area contributed by atoms with Crippen LogP contribution in [0.25, 0.3) is 0 Å². The molecule has 1 N–H and O–H groups in total. The van der Waals surface area contributed by atoms with Crippen LogP contribution >= 0.6 is 0 Å². The van der Waals surface area contributed by atoms with Gasteiger partial charge in [-0.2, -0.15) is 0 Å². The molecule has 0 aromatic rings. The van der Waals surface area contributed by atoms with Crippen LogP contribution in [0.3, 0.4) is 0 Å². The van der Waals surface area contributed by atoms with Crippen molar-refractivity contribution >= 4 is 13.8 Å². The van der Waals surface area contributed by atoms with Crippen LogP contribution in [0.15, 0.2) is 0 Å². The monoisotopic (exact) mass is 194 g/mol. The summed E-state index contributed by atoms with van der Waals surface area (Å²) < 4.78 is 20.2. The zero-order valence-corrected chi connectivity index (χ0v) is 8.01.